The quantitative estimate of drug-likeness (QED) is 0.805. The molecule has 2 aromatic heterocycles. The SMILES string of the molecule is COc1ccccc1NC(=O)c1cn2cc(C)sc2n1. The van der Waals surface area contributed by atoms with Crippen molar-refractivity contribution in [3.8, 4) is 5.75 Å². The average molecular weight is 287 g/mol. The molecule has 1 aromatic carbocycles. The Morgan fingerprint density at radius 3 is 2.90 bits per heavy atom. The minimum atomic E-state index is -0.247. The van der Waals surface area contributed by atoms with Crippen LogP contribution < -0.4 is 10.1 Å². The number of carbonyl (C=O) groups excluding carboxylic acids is 1. The molecule has 0 atom stereocenters. The number of para-hydroxylation sites is 2. The molecule has 1 N–H and O–H groups in total. The molecule has 5 nitrogen and oxygen atoms in total. The molecule has 2 heterocycles. The highest BCUT2D eigenvalue weighted by atomic mass is 32.1. The van der Waals surface area contributed by atoms with Gasteiger partial charge in [-0.3, -0.25) is 9.20 Å². The second kappa shape index (κ2) is 4.97. The molecule has 102 valence electrons. The van der Waals surface area contributed by atoms with Gasteiger partial charge in [0.05, 0.1) is 12.8 Å². The van der Waals surface area contributed by atoms with Crippen molar-refractivity contribution in [2.45, 2.75) is 6.92 Å². The van der Waals surface area contributed by atoms with Crippen LogP contribution in [0.4, 0.5) is 5.69 Å². The average Bonchev–Trinajstić information content (AvgIpc) is 2.96. The molecule has 0 aliphatic heterocycles. The van der Waals surface area contributed by atoms with Crippen LogP contribution in [0.15, 0.2) is 36.7 Å². The number of amides is 1. The van der Waals surface area contributed by atoms with E-state index in [1.165, 1.54) is 0 Å². The number of nitrogens with zero attached hydrogens (tertiary/aromatic N) is 2. The van der Waals surface area contributed by atoms with Gasteiger partial charge >= 0.3 is 0 Å². The Morgan fingerprint density at radius 2 is 2.15 bits per heavy atom. The fourth-order valence-electron chi connectivity index (χ4n) is 1.95. The first-order valence-corrected chi connectivity index (χ1v) is 6.88. The van der Waals surface area contributed by atoms with Gasteiger partial charge in [0.2, 0.25) is 0 Å². The van der Waals surface area contributed by atoms with Crippen LogP contribution in [0.2, 0.25) is 0 Å². The standard InChI is InChI=1S/C14H13N3O2S/c1-9-7-17-8-11(16-14(17)20-9)13(18)15-10-5-3-4-6-12(10)19-2/h3-8H,1-2H3,(H,15,18). The van der Waals surface area contributed by atoms with Crippen LogP contribution in [-0.4, -0.2) is 22.4 Å². The molecule has 0 radical (unpaired) electrons. The summed E-state index contributed by atoms with van der Waals surface area (Å²) in [4.78, 5) is 18.5. The number of imidazole rings is 1. The Balaban J connectivity index is 1.86. The number of fused-ring (bicyclic) bond motifs is 1. The lowest BCUT2D eigenvalue weighted by atomic mass is 10.3. The molecule has 0 saturated heterocycles. The molecule has 0 fully saturated rings. The number of rotatable bonds is 3. The van der Waals surface area contributed by atoms with Crippen molar-refractivity contribution in [3.05, 3.63) is 47.2 Å². The van der Waals surface area contributed by atoms with E-state index in [1.54, 1.807) is 36.8 Å². The summed E-state index contributed by atoms with van der Waals surface area (Å²) < 4.78 is 7.06. The summed E-state index contributed by atoms with van der Waals surface area (Å²) >= 11 is 1.55. The number of benzene rings is 1. The number of carbonyl (C=O) groups is 1. The molecule has 0 aliphatic carbocycles. The minimum absolute atomic E-state index is 0.247. The summed E-state index contributed by atoms with van der Waals surface area (Å²) in [5.74, 6) is 0.376. The Kier molecular flexibility index (Phi) is 3.15. The highest BCUT2D eigenvalue weighted by Gasteiger charge is 2.14. The van der Waals surface area contributed by atoms with Crippen molar-refractivity contribution < 1.29 is 9.53 Å². The molecule has 20 heavy (non-hydrogen) atoms. The van der Waals surface area contributed by atoms with Crippen molar-refractivity contribution in [3.63, 3.8) is 0 Å². The number of hydrogen-bond acceptors (Lipinski definition) is 4. The third-order valence-electron chi connectivity index (χ3n) is 2.86. The normalized spacial score (nSPS) is 10.7. The largest absolute Gasteiger partial charge is 0.495 e. The first kappa shape index (κ1) is 12.7. The van der Waals surface area contributed by atoms with Crippen molar-refractivity contribution in [2.24, 2.45) is 0 Å². The molecule has 0 spiro atoms. The van der Waals surface area contributed by atoms with Gasteiger partial charge in [0, 0.05) is 17.3 Å². The Labute approximate surface area is 119 Å². The Bertz CT molecular complexity index is 744. The molecule has 3 aromatic rings. The minimum Gasteiger partial charge on any atom is -0.495 e. The van der Waals surface area contributed by atoms with Gasteiger partial charge in [-0.2, -0.15) is 0 Å². The van der Waals surface area contributed by atoms with Crippen molar-refractivity contribution in [2.75, 3.05) is 12.4 Å². The highest BCUT2D eigenvalue weighted by Crippen LogP contribution is 2.24. The molecule has 1 amide bonds. The van der Waals surface area contributed by atoms with E-state index in [9.17, 15) is 4.79 Å². The zero-order chi connectivity index (χ0) is 14.1. The van der Waals surface area contributed by atoms with Gasteiger partial charge in [0.25, 0.3) is 5.91 Å². The summed E-state index contributed by atoms with van der Waals surface area (Å²) in [7, 11) is 1.57. The van der Waals surface area contributed by atoms with E-state index >= 15 is 0 Å². The maximum Gasteiger partial charge on any atom is 0.276 e. The summed E-state index contributed by atoms with van der Waals surface area (Å²) in [6.45, 7) is 2.01. The van der Waals surface area contributed by atoms with Crippen LogP contribution in [-0.2, 0) is 0 Å². The summed E-state index contributed by atoms with van der Waals surface area (Å²) in [6.07, 6.45) is 3.68. The van der Waals surface area contributed by atoms with Gasteiger partial charge < -0.3 is 10.1 Å². The van der Waals surface area contributed by atoms with Gasteiger partial charge in [-0.1, -0.05) is 12.1 Å². The van der Waals surface area contributed by atoms with Gasteiger partial charge in [-0.25, -0.2) is 4.98 Å². The lowest BCUT2D eigenvalue weighted by molar-refractivity contribution is 0.102. The van der Waals surface area contributed by atoms with Crippen molar-refractivity contribution in [1.29, 1.82) is 0 Å². The molecule has 0 unspecified atom stereocenters. The predicted molar refractivity (Wildman–Crippen MR) is 78.8 cm³/mol. The van der Waals surface area contributed by atoms with Gasteiger partial charge in [-0.15, -0.1) is 11.3 Å². The summed E-state index contributed by atoms with van der Waals surface area (Å²) in [5, 5.41) is 2.81. The first-order chi connectivity index (χ1) is 9.67. The number of aromatic nitrogens is 2. The third-order valence-corrected chi connectivity index (χ3v) is 3.77. The van der Waals surface area contributed by atoms with Crippen LogP contribution in [0.5, 0.6) is 5.75 Å². The lowest BCUT2D eigenvalue weighted by Gasteiger charge is -2.08. The first-order valence-electron chi connectivity index (χ1n) is 6.07. The predicted octanol–water partition coefficient (Wildman–Crippen LogP) is 2.97. The van der Waals surface area contributed by atoms with Gasteiger partial charge in [-0.05, 0) is 19.1 Å². The topological polar surface area (TPSA) is 55.6 Å². The number of nitrogens with one attached hydrogen (secondary N) is 1. The second-order valence-corrected chi connectivity index (χ2v) is 5.53. The fraction of sp³-hybridized carbons (Fsp3) is 0.143. The molecular formula is C14H13N3O2S. The summed E-state index contributed by atoms with van der Waals surface area (Å²) in [6, 6.07) is 7.28. The highest BCUT2D eigenvalue weighted by molar-refractivity contribution is 7.17. The van der Waals surface area contributed by atoms with E-state index < -0.39 is 0 Å². The molecular weight excluding hydrogens is 274 g/mol. The van der Waals surface area contributed by atoms with E-state index in [1.807, 2.05) is 29.7 Å². The van der Waals surface area contributed by atoms with E-state index in [4.69, 9.17) is 4.74 Å². The number of methoxy groups -OCH3 is 1. The number of anilines is 1. The number of aryl methyl sites for hydroxylation is 1. The van der Waals surface area contributed by atoms with Gasteiger partial charge in [0.15, 0.2) is 4.96 Å². The maximum absolute atomic E-state index is 12.2. The van der Waals surface area contributed by atoms with E-state index in [-0.39, 0.29) is 5.91 Å². The number of ether oxygens (including phenoxy) is 1. The molecule has 6 heteroatoms. The van der Waals surface area contributed by atoms with Crippen LogP contribution in [0.3, 0.4) is 0 Å². The zero-order valence-corrected chi connectivity index (χ0v) is 11.9. The lowest BCUT2D eigenvalue weighted by Crippen LogP contribution is -2.13. The molecule has 0 bridgehead atoms. The maximum atomic E-state index is 12.2. The number of thiazole rings is 1. The Morgan fingerprint density at radius 1 is 1.35 bits per heavy atom. The zero-order valence-electron chi connectivity index (χ0n) is 11.1. The molecule has 3 rings (SSSR count). The molecule has 0 aliphatic rings. The second-order valence-electron chi connectivity index (χ2n) is 4.31. The van der Waals surface area contributed by atoms with Gasteiger partial charge in [0.1, 0.15) is 11.4 Å². The number of hydrogen-bond donors (Lipinski definition) is 1. The summed E-state index contributed by atoms with van der Waals surface area (Å²) in [5.41, 5.74) is 1.02. The van der Waals surface area contributed by atoms with Crippen molar-refractivity contribution >= 4 is 27.9 Å². The van der Waals surface area contributed by atoms with Crippen molar-refractivity contribution in [1.82, 2.24) is 9.38 Å². The Hall–Kier alpha value is -2.34. The third kappa shape index (κ3) is 2.25. The molecule has 0 saturated carbocycles. The van der Waals surface area contributed by atoms with Crippen LogP contribution >= 0.6 is 11.3 Å². The van der Waals surface area contributed by atoms with E-state index in [0.29, 0.717) is 17.1 Å². The van der Waals surface area contributed by atoms with E-state index in [0.717, 1.165) is 9.84 Å². The smallest absolute Gasteiger partial charge is 0.276 e. The monoisotopic (exact) mass is 287 g/mol. The van der Waals surface area contributed by atoms with E-state index in [2.05, 4.69) is 10.3 Å². The van der Waals surface area contributed by atoms with Crippen LogP contribution in [0.1, 0.15) is 15.4 Å². The van der Waals surface area contributed by atoms with Crippen LogP contribution in [0.25, 0.3) is 4.96 Å². The van der Waals surface area contributed by atoms with Crippen LogP contribution in [0, 0.1) is 6.92 Å². The fourth-order valence-corrected chi connectivity index (χ4v) is 2.76.